The molecule has 0 aliphatic carbocycles. The summed E-state index contributed by atoms with van der Waals surface area (Å²) in [5.41, 5.74) is 0. The van der Waals surface area contributed by atoms with Crippen LogP contribution in [0.4, 0.5) is 0 Å². The molecule has 1 atom stereocenters. The number of rotatable bonds is 9. The largest absolute Gasteiger partial charge is 0.380 e. The average molecular weight is 216 g/mol. The van der Waals surface area contributed by atoms with E-state index in [1.165, 1.54) is 0 Å². The molecule has 2 N–H and O–H groups in total. The first kappa shape index (κ1) is 14.4. The van der Waals surface area contributed by atoms with Gasteiger partial charge in [-0.1, -0.05) is 13.3 Å². The molecule has 0 rings (SSSR count). The molecule has 15 heavy (non-hydrogen) atoms. The molecule has 0 aromatic rings. The fraction of sp³-hybridized carbons (Fsp3) is 0.909. The van der Waals surface area contributed by atoms with Crippen LogP contribution < -0.4 is 10.6 Å². The zero-order valence-electron chi connectivity index (χ0n) is 10.1. The van der Waals surface area contributed by atoms with Crippen LogP contribution in [-0.2, 0) is 9.53 Å². The molecule has 1 amide bonds. The molecule has 0 bridgehead atoms. The summed E-state index contributed by atoms with van der Waals surface area (Å²) >= 11 is 0. The van der Waals surface area contributed by atoms with Gasteiger partial charge in [0, 0.05) is 19.7 Å². The van der Waals surface area contributed by atoms with Crippen LogP contribution in [0.15, 0.2) is 0 Å². The standard InChI is InChI=1S/C11H24N2O2/c1-4-6-7-13-11(14)10(3)12-8-9-15-5-2/h10,12H,4-9H2,1-3H3,(H,13,14). The van der Waals surface area contributed by atoms with E-state index in [-0.39, 0.29) is 11.9 Å². The first-order valence-corrected chi connectivity index (χ1v) is 5.81. The summed E-state index contributed by atoms with van der Waals surface area (Å²) in [5.74, 6) is 0.0694. The molecule has 0 aromatic carbocycles. The van der Waals surface area contributed by atoms with Crippen LogP contribution >= 0.6 is 0 Å². The van der Waals surface area contributed by atoms with E-state index in [1.54, 1.807) is 0 Å². The lowest BCUT2D eigenvalue weighted by molar-refractivity contribution is -0.122. The van der Waals surface area contributed by atoms with Crippen molar-refractivity contribution in [1.82, 2.24) is 10.6 Å². The third-order valence-corrected chi connectivity index (χ3v) is 2.12. The van der Waals surface area contributed by atoms with Crippen molar-refractivity contribution < 1.29 is 9.53 Å². The minimum atomic E-state index is -0.137. The van der Waals surface area contributed by atoms with Gasteiger partial charge in [-0.15, -0.1) is 0 Å². The second kappa shape index (κ2) is 9.93. The number of carbonyl (C=O) groups excluding carboxylic acids is 1. The highest BCUT2D eigenvalue weighted by Gasteiger charge is 2.10. The van der Waals surface area contributed by atoms with Crippen molar-refractivity contribution in [3.05, 3.63) is 0 Å². The van der Waals surface area contributed by atoms with E-state index in [0.717, 1.165) is 32.5 Å². The van der Waals surface area contributed by atoms with E-state index in [9.17, 15) is 4.79 Å². The van der Waals surface area contributed by atoms with E-state index in [2.05, 4.69) is 17.6 Å². The molecule has 1 unspecified atom stereocenters. The Morgan fingerprint density at radius 3 is 2.67 bits per heavy atom. The van der Waals surface area contributed by atoms with E-state index in [4.69, 9.17) is 4.74 Å². The summed E-state index contributed by atoms with van der Waals surface area (Å²) in [6.45, 7) is 8.80. The zero-order valence-corrected chi connectivity index (χ0v) is 10.1. The van der Waals surface area contributed by atoms with Gasteiger partial charge in [0.15, 0.2) is 0 Å². The highest BCUT2D eigenvalue weighted by Crippen LogP contribution is 1.86. The molecule has 0 spiro atoms. The van der Waals surface area contributed by atoms with Gasteiger partial charge in [0.25, 0.3) is 0 Å². The van der Waals surface area contributed by atoms with Gasteiger partial charge in [-0.3, -0.25) is 4.79 Å². The topological polar surface area (TPSA) is 50.4 Å². The minimum Gasteiger partial charge on any atom is -0.380 e. The van der Waals surface area contributed by atoms with E-state index >= 15 is 0 Å². The van der Waals surface area contributed by atoms with Gasteiger partial charge in [0.1, 0.15) is 0 Å². The van der Waals surface area contributed by atoms with Crippen molar-refractivity contribution in [2.75, 3.05) is 26.3 Å². The molecular weight excluding hydrogens is 192 g/mol. The number of amides is 1. The number of carbonyl (C=O) groups is 1. The van der Waals surface area contributed by atoms with Crippen molar-refractivity contribution in [2.24, 2.45) is 0 Å². The normalized spacial score (nSPS) is 12.5. The van der Waals surface area contributed by atoms with Crippen molar-refractivity contribution in [1.29, 1.82) is 0 Å². The van der Waals surface area contributed by atoms with Gasteiger partial charge >= 0.3 is 0 Å². The molecule has 0 aromatic heterocycles. The molecule has 0 aliphatic heterocycles. The van der Waals surface area contributed by atoms with Crippen LogP contribution in [-0.4, -0.2) is 38.3 Å². The second-order valence-electron chi connectivity index (χ2n) is 3.52. The fourth-order valence-electron chi connectivity index (χ4n) is 1.13. The van der Waals surface area contributed by atoms with Crippen LogP contribution in [0, 0.1) is 0 Å². The molecule has 0 aliphatic rings. The molecule has 4 heteroatoms. The Hall–Kier alpha value is -0.610. The molecule has 0 saturated heterocycles. The van der Waals surface area contributed by atoms with Crippen LogP contribution in [0.1, 0.15) is 33.6 Å². The number of nitrogens with one attached hydrogen (secondary N) is 2. The van der Waals surface area contributed by atoms with Crippen molar-refractivity contribution in [2.45, 2.75) is 39.7 Å². The predicted octanol–water partition coefficient (Wildman–Crippen LogP) is 0.917. The molecule has 4 nitrogen and oxygen atoms in total. The lowest BCUT2D eigenvalue weighted by Gasteiger charge is -2.13. The predicted molar refractivity (Wildman–Crippen MR) is 61.9 cm³/mol. The summed E-state index contributed by atoms with van der Waals surface area (Å²) in [6, 6.07) is -0.137. The van der Waals surface area contributed by atoms with Crippen LogP contribution in [0.2, 0.25) is 0 Å². The quantitative estimate of drug-likeness (QED) is 0.563. The molecule has 90 valence electrons. The molecule has 0 saturated carbocycles. The Bertz CT molecular complexity index is 163. The lowest BCUT2D eigenvalue weighted by Crippen LogP contribution is -2.43. The van der Waals surface area contributed by atoms with Crippen molar-refractivity contribution >= 4 is 5.91 Å². The summed E-state index contributed by atoms with van der Waals surface area (Å²) in [7, 11) is 0. The van der Waals surface area contributed by atoms with Gasteiger partial charge < -0.3 is 15.4 Å². The van der Waals surface area contributed by atoms with Gasteiger partial charge in [0.05, 0.1) is 12.6 Å². The fourth-order valence-corrected chi connectivity index (χ4v) is 1.13. The number of ether oxygens (including phenoxy) is 1. The second-order valence-corrected chi connectivity index (χ2v) is 3.52. The summed E-state index contributed by atoms with van der Waals surface area (Å²) < 4.78 is 5.17. The first-order valence-electron chi connectivity index (χ1n) is 5.81. The Morgan fingerprint density at radius 1 is 1.33 bits per heavy atom. The Morgan fingerprint density at radius 2 is 2.07 bits per heavy atom. The SMILES string of the molecule is CCCCNC(=O)C(C)NCCOCC. The zero-order chi connectivity index (χ0) is 11.5. The third kappa shape index (κ3) is 8.39. The smallest absolute Gasteiger partial charge is 0.236 e. The van der Waals surface area contributed by atoms with Gasteiger partial charge in [-0.25, -0.2) is 0 Å². The Labute approximate surface area is 92.8 Å². The minimum absolute atomic E-state index is 0.0694. The molecule has 0 fully saturated rings. The Kier molecular flexibility index (Phi) is 9.52. The van der Waals surface area contributed by atoms with E-state index in [0.29, 0.717) is 6.61 Å². The number of hydrogen-bond donors (Lipinski definition) is 2. The van der Waals surface area contributed by atoms with Gasteiger partial charge in [0.2, 0.25) is 5.91 Å². The first-order chi connectivity index (χ1) is 7.22. The molecular formula is C11H24N2O2. The third-order valence-electron chi connectivity index (χ3n) is 2.12. The molecule has 0 heterocycles. The monoisotopic (exact) mass is 216 g/mol. The highest BCUT2D eigenvalue weighted by molar-refractivity contribution is 5.81. The summed E-state index contributed by atoms with van der Waals surface area (Å²) in [4.78, 5) is 11.5. The van der Waals surface area contributed by atoms with Gasteiger partial charge in [-0.05, 0) is 20.3 Å². The maximum absolute atomic E-state index is 11.5. The lowest BCUT2D eigenvalue weighted by atomic mass is 10.3. The maximum Gasteiger partial charge on any atom is 0.236 e. The van der Waals surface area contributed by atoms with E-state index in [1.807, 2.05) is 13.8 Å². The maximum atomic E-state index is 11.5. The van der Waals surface area contributed by atoms with Crippen LogP contribution in [0.3, 0.4) is 0 Å². The van der Waals surface area contributed by atoms with Crippen molar-refractivity contribution in [3.8, 4) is 0 Å². The number of hydrogen-bond acceptors (Lipinski definition) is 3. The number of unbranched alkanes of at least 4 members (excludes halogenated alkanes) is 1. The highest BCUT2D eigenvalue weighted by atomic mass is 16.5. The Balaban J connectivity index is 3.42. The van der Waals surface area contributed by atoms with Crippen molar-refractivity contribution in [3.63, 3.8) is 0 Å². The van der Waals surface area contributed by atoms with Crippen LogP contribution in [0.25, 0.3) is 0 Å². The van der Waals surface area contributed by atoms with Crippen LogP contribution in [0.5, 0.6) is 0 Å². The summed E-state index contributed by atoms with van der Waals surface area (Å²) in [5, 5.41) is 5.99. The van der Waals surface area contributed by atoms with Gasteiger partial charge in [-0.2, -0.15) is 0 Å². The molecule has 0 radical (unpaired) electrons. The summed E-state index contributed by atoms with van der Waals surface area (Å²) in [6.07, 6.45) is 2.14. The van der Waals surface area contributed by atoms with E-state index < -0.39 is 0 Å². The average Bonchev–Trinajstić information content (AvgIpc) is 2.24.